The van der Waals surface area contributed by atoms with Crippen LogP contribution in [0.5, 0.6) is 5.75 Å². The molecule has 6 nitrogen and oxygen atoms in total. The van der Waals surface area contributed by atoms with Crippen LogP contribution < -0.4 is 20.7 Å². The van der Waals surface area contributed by atoms with E-state index in [1.54, 1.807) is 4.90 Å². The van der Waals surface area contributed by atoms with E-state index in [1.807, 2.05) is 78.9 Å². The van der Waals surface area contributed by atoms with Gasteiger partial charge in [-0.15, -0.1) is 0 Å². The zero-order chi connectivity index (χ0) is 22.3. The summed E-state index contributed by atoms with van der Waals surface area (Å²) in [6.07, 6.45) is 1.69. The quantitative estimate of drug-likeness (QED) is 0.582. The van der Waals surface area contributed by atoms with E-state index in [0.717, 1.165) is 36.2 Å². The van der Waals surface area contributed by atoms with Gasteiger partial charge in [0.15, 0.2) is 0 Å². The SMILES string of the molecule is NCc1ccccc1OC(C(=O)Nc1ccc(N2CCCCC2=O)cc1)c1ccccc1. The van der Waals surface area contributed by atoms with Gasteiger partial charge in [0.05, 0.1) is 0 Å². The fraction of sp³-hybridized carbons (Fsp3) is 0.231. The molecule has 1 fully saturated rings. The highest BCUT2D eigenvalue weighted by molar-refractivity contribution is 5.96. The Morgan fingerprint density at radius 3 is 2.41 bits per heavy atom. The first kappa shape index (κ1) is 21.6. The maximum Gasteiger partial charge on any atom is 0.270 e. The van der Waals surface area contributed by atoms with E-state index in [1.165, 1.54) is 0 Å². The fourth-order valence-corrected chi connectivity index (χ4v) is 3.83. The Labute approximate surface area is 188 Å². The van der Waals surface area contributed by atoms with Gasteiger partial charge in [0.2, 0.25) is 12.0 Å². The maximum absolute atomic E-state index is 13.2. The predicted octanol–water partition coefficient (Wildman–Crippen LogP) is 4.42. The third-order valence-corrected chi connectivity index (χ3v) is 5.55. The molecule has 1 saturated heterocycles. The molecule has 0 radical (unpaired) electrons. The zero-order valence-electron chi connectivity index (χ0n) is 17.9. The molecule has 0 saturated carbocycles. The monoisotopic (exact) mass is 429 g/mol. The lowest BCUT2D eigenvalue weighted by Gasteiger charge is -2.27. The highest BCUT2D eigenvalue weighted by Gasteiger charge is 2.24. The van der Waals surface area contributed by atoms with E-state index >= 15 is 0 Å². The number of nitrogens with zero attached hydrogens (tertiary/aromatic N) is 1. The Bertz CT molecular complexity index is 1070. The number of rotatable bonds is 7. The molecule has 3 aromatic rings. The van der Waals surface area contributed by atoms with Crippen LogP contribution in [-0.2, 0) is 16.1 Å². The third-order valence-electron chi connectivity index (χ3n) is 5.55. The molecule has 0 aromatic heterocycles. The molecule has 0 spiro atoms. The average Bonchev–Trinajstić information content (AvgIpc) is 2.84. The lowest BCUT2D eigenvalue weighted by atomic mass is 10.1. The molecular formula is C26H27N3O3. The topological polar surface area (TPSA) is 84.7 Å². The summed E-state index contributed by atoms with van der Waals surface area (Å²) >= 11 is 0. The third kappa shape index (κ3) is 4.98. The first-order chi connectivity index (χ1) is 15.7. The van der Waals surface area contributed by atoms with Gasteiger partial charge >= 0.3 is 0 Å². The Morgan fingerprint density at radius 2 is 1.69 bits per heavy atom. The van der Waals surface area contributed by atoms with Gasteiger partial charge in [0.25, 0.3) is 5.91 Å². The second-order valence-corrected chi connectivity index (χ2v) is 7.76. The van der Waals surface area contributed by atoms with Crippen LogP contribution in [0.4, 0.5) is 11.4 Å². The van der Waals surface area contributed by atoms with E-state index in [-0.39, 0.29) is 11.8 Å². The molecule has 1 heterocycles. The van der Waals surface area contributed by atoms with E-state index < -0.39 is 6.10 Å². The normalized spacial score (nSPS) is 14.7. The molecule has 3 aromatic carbocycles. The molecule has 1 atom stereocenters. The summed E-state index contributed by atoms with van der Waals surface area (Å²) in [5, 5.41) is 2.94. The molecule has 0 aliphatic carbocycles. The van der Waals surface area contributed by atoms with Gasteiger partial charge in [-0.2, -0.15) is 0 Å². The van der Waals surface area contributed by atoms with Gasteiger partial charge in [-0.3, -0.25) is 9.59 Å². The molecule has 164 valence electrons. The summed E-state index contributed by atoms with van der Waals surface area (Å²) in [4.78, 5) is 27.2. The second-order valence-electron chi connectivity index (χ2n) is 7.76. The van der Waals surface area contributed by atoms with Gasteiger partial charge < -0.3 is 20.7 Å². The van der Waals surface area contributed by atoms with Crippen LogP contribution in [0.3, 0.4) is 0 Å². The molecule has 1 aliphatic rings. The number of amides is 2. The Hall–Kier alpha value is -3.64. The van der Waals surface area contributed by atoms with Crippen molar-refractivity contribution in [1.29, 1.82) is 0 Å². The number of piperidine rings is 1. The molecule has 6 heteroatoms. The molecule has 1 aliphatic heterocycles. The van der Waals surface area contributed by atoms with Crippen molar-refractivity contribution in [2.45, 2.75) is 31.9 Å². The van der Waals surface area contributed by atoms with Crippen molar-refractivity contribution in [2.24, 2.45) is 5.73 Å². The lowest BCUT2D eigenvalue weighted by Crippen LogP contribution is -2.35. The minimum atomic E-state index is -0.841. The summed E-state index contributed by atoms with van der Waals surface area (Å²) in [5.74, 6) is 0.437. The highest BCUT2D eigenvalue weighted by Crippen LogP contribution is 2.28. The molecule has 2 amide bonds. The number of hydrogen-bond acceptors (Lipinski definition) is 4. The Morgan fingerprint density at radius 1 is 0.969 bits per heavy atom. The smallest absolute Gasteiger partial charge is 0.270 e. The van der Waals surface area contributed by atoms with E-state index in [2.05, 4.69) is 5.32 Å². The minimum absolute atomic E-state index is 0.143. The molecule has 0 bridgehead atoms. The number of para-hydroxylation sites is 1. The van der Waals surface area contributed by atoms with Crippen LogP contribution in [0.1, 0.15) is 36.5 Å². The number of nitrogens with two attached hydrogens (primary N) is 1. The van der Waals surface area contributed by atoms with Crippen LogP contribution in [0.2, 0.25) is 0 Å². The first-order valence-electron chi connectivity index (χ1n) is 10.9. The van der Waals surface area contributed by atoms with Crippen molar-refractivity contribution in [3.63, 3.8) is 0 Å². The van der Waals surface area contributed by atoms with Crippen molar-refractivity contribution in [3.8, 4) is 5.75 Å². The maximum atomic E-state index is 13.2. The Kier molecular flexibility index (Phi) is 6.82. The summed E-state index contributed by atoms with van der Waals surface area (Å²) in [7, 11) is 0. The second kappa shape index (κ2) is 10.1. The summed E-state index contributed by atoms with van der Waals surface area (Å²) in [6.45, 7) is 1.05. The van der Waals surface area contributed by atoms with Crippen LogP contribution in [0.15, 0.2) is 78.9 Å². The van der Waals surface area contributed by atoms with Crippen LogP contribution in [-0.4, -0.2) is 18.4 Å². The largest absolute Gasteiger partial charge is 0.475 e. The van der Waals surface area contributed by atoms with E-state index in [9.17, 15) is 9.59 Å². The van der Waals surface area contributed by atoms with Gasteiger partial charge in [0, 0.05) is 42.0 Å². The van der Waals surface area contributed by atoms with Gasteiger partial charge in [-0.1, -0.05) is 48.5 Å². The van der Waals surface area contributed by atoms with Crippen molar-refractivity contribution >= 4 is 23.2 Å². The van der Waals surface area contributed by atoms with Crippen molar-refractivity contribution < 1.29 is 14.3 Å². The summed E-state index contributed by atoms with van der Waals surface area (Å²) in [5.41, 5.74) is 8.90. The molecule has 1 unspecified atom stereocenters. The number of ether oxygens (including phenoxy) is 1. The zero-order valence-corrected chi connectivity index (χ0v) is 17.9. The van der Waals surface area contributed by atoms with Crippen LogP contribution >= 0.6 is 0 Å². The minimum Gasteiger partial charge on any atom is -0.475 e. The van der Waals surface area contributed by atoms with Gasteiger partial charge in [-0.05, 0) is 43.2 Å². The van der Waals surface area contributed by atoms with E-state index in [4.69, 9.17) is 10.5 Å². The van der Waals surface area contributed by atoms with Crippen molar-refractivity contribution in [3.05, 3.63) is 90.0 Å². The number of hydrogen-bond donors (Lipinski definition) is 2. The predicted molar refractivity (Wildman–Crippen MR) is 125 cm³/mol. The summed E-state index contributed by atoms with van der Waals surface area (Å²) in [6, 6.07) is 24.2. The fourth-order valence-electron chi connectivity index (χ4n) is 3.83. The first-order valence-corrected chi connectivity index (χ1v) is 10.9. The lowest BCUT2D eigenvalue weighted by molar-refractivity contribution is -0.123. The van der Waals surface area contributed by atoms with Crippen LogP contribution in [0, 0.1) is 0 Å². The van der Waals surface area contributed by atoms with E-state index in [0.29, 0.717) is 24.4 Å². The number of anilines is 2. The molecule has 4 rings (SSSR count). The molecule has 32 heavy (non-hydrogen) atoms. The number of carbonyl (C=O) groups excluding carboxylic acids is 2. The Balaban J connectivity index is 1.53. The standard InChI is InChI=1S/C26H27N3O3/c27-18-20-10-4-5-11-23(20)32-25(19-8-2-1-3-9-19)26(31)28-21-13-15-22(16-14-21)29-17-7-6-12-24(29)30/h1-5,8-11,13-16,25H,6-7,12,17-18,27H2,(H,28,31). The highest BCUT2D eigenvalue weighted by atomic mass is 16.5. The van der Waals surface area contributed by atoms with Crippen LogP contribution in [0.25, 0.3) is 0 Å². The average molecular weight is 430 g/mol. The van der Waals surface area contributed by atoms with Gasteiger partial charge in [-0.25, -0.2) is 0 Å². The molecular weight excluding hydrogens is 402 g/mol. The molecule has 3 N–H and O–H groups in total. The number of benzene rings is 3. The summed E-state index contributed by atoms with van der Waals surface area (Å²) < 4.78 is 6.14. The van der Waals surface area contributed by atoms with Crippen molar-refractivity contribution in [2.75, 3.05) is 16.8 Å². The number of nitrogens with one attached hydrogen (secondary N) is 1. The number of carbonyl (C=O) groups is 2. The van der Waals surface area contributed by atoms with Gasteiger partial charge in [0.1, 0.15) is 5.75 Å². The van der Waals surface area contributed by atoms with Crippen molar-refractivity contribution in [1.82, 2.24) is 0 Å².